The van der Waals surface area contributed by atoms with Crippen molar-refractivity contribution in [1.82, 2.24) is 5.32 Å². The Labute approximate surface area is 112 Å². The minimum atomic E-state index is -0.817. The fourth-order valence-electron chi connectivity index (χ4n) is 1.76. The summed E-state index contributed by atoms with van der Waals surface area (Å²) in [7, 11) is 0. The number of carbonyl (C=O) groups is 2. The minimum absolute atomic E-state index is 0.0380. The lowest BCUT2D eigenvalue weighted by molar-refractivity contribution is -0.137. The molecule has 104 valence electrons. The van der Waals surface area contributed by atoms with E-state index in [1.807, 2.05) is 6.92 Å². The van der Waals surface area contributed by atoms with E-state index in [9.17, 15) is 9.59 Å². The molecule has 1 atom stereocenters. The number of hydrogen-bond acceptors (Lipinski definition) is 3. The number of carboxylic acid groups (broad SMARTS) is 1. The zero-order valence-electron chi connectivity index (χ0n) is 10.9. The first-order valence-electron chi connectivity index (χ1n) is 6.26. The maximum Gasteiger partial charge on any atom is 0.303 e. The molecule has 1 aromatic rings. The Morgan fingerprint density at radius 3 is 2.47 bits per heavy atom. The molecule has 1 rings (SSSR count). The number of phenols is 1. The van der Waals surface area contributed by atoms with Gasteiger partial charge in [0.25, 0.3) is 0 Å². The van der Waals surface area contributed by atoms with Gasteiger partial charge in [0.2, 0.25) is 5.91 Å². The minimum Gasteiger partial charge on any atom is -0.508 e. The van der Waals surface area contributed by atoms with Crippen LogP contribution < -0.4 is 5.32 Å². The Morgan fingerprint density at radius 1 is 1.26 bits per heavy atom. The van der Waals surface area contributed by atoms with Crippen molar-refractivity contribution >= 4 is 11.9 Å². The zero-order valence-corrected chi connectivity index (χ0v) is 10.9. The number of amides is 1. The van der Waals surface area contributed by atoms with Gasteiger partial charge >= 0.3 is 5.97 Å². The van der Waals surface area contributed by atoms with E-state index in [-0.39, 0.29) is 30.5 Å². The summed E-state index contributed by atoms with van der Waals surface area (Å²) >= 11 is 0. The highest BCUT2D eigenvalue weighted by molar-refractivity contribution is 5.78. The number of carboxylic acids is 1. The number of aromatic hydroxyl groups is 1. The van der Waals surface area contributed by atoms with Crippen LogP contribution in [-0.4, -0.2) is 28.1 Å². The van der Waals surface area contributed by atoms with Gasteiger partial charge in [-0.25, -0.2) is 0 Å². The predicted molar refractivity (Wildman–Crippen MR) is 70.9 cm³/mol. The lowest BCUT2D eigenvalue weighted by atomic mass is 10.1. The molecule has 0 aliphatic rings. The van der Waals surface area contributed by atoms with Crippen LogP contribution in [0.3, 0.4) is 0 Å². The molecule has 0 aliphatic carbocycles. The standard InChI is InChI=1S/C14H19NO4/c1-10(3-2-4-14(18)19)15-13(17)9-11-5-7-12(16)8-6-11/h5-8,10,16H,2-4,9H2,1H3,(H,15,17)(H,18,19). The smallest absolute Gasteiger partial charge is 0.303 e. The SMILES string of the molecule is CC(CCCC(=O)O)NC(=O)Cc1ccc(O)cc1. The van der Waals surface area contributed by atoms with Crippen LogP contribution in [-0.2, 0) is 16.0 Å². The second-order valence-corrected chi connectivity index (χ2v) is 4.60. The van der Waals surface area contributed by atoms with Crippen LogP contribution in [0.25, 0.3) is 0 Å². The van der Waals surface area contributed by atoms with Gasteiger partial charge in [0.15, 0.2) is 0 Å². The van der Waals surface area contributed by atoms with Gasteiger partial charge in [-0.2, -0.15) is 0 Å². The number of benzene rings is 1. The van der Waals surface area contributed by atoms with Gasteiger partial charge in [-0.05, 0) is 37.5 Å². The molecule has 0 radical (unpaired) electrons. The second-order valence-electron chi connectivity index (χ2n) is 4.60. The number of carbonyl (C=O) groups excluding carboxylic acids is 1. The maximum atomic E-state index is 11.7. The molecule has 5 heteroatoms. The molecule has 1 unspecified atom stereocenters. The third-order valence-corrected chi connectivity index (χ3v) is 2.74. The van der Waals surface area contributed by atoms with E-state index >= 15 is 0 Å². The van der Waals surface area contributed by atoms with Crippen molar-refractivity contribution in [3.63, 3.8) is 0 Å². The van der Waals surface area contributed by atoms with E-state index in [1.165, 1.54) is 0 Å². The summed E-state index contributed by atoms with van der Waals surface area (Å²) in [6.45, 7) is 1.86. The highest BCUT2D eigenvalue weighted by Crippen LogP contribution is 2.10. The van der Waals surface area contributed by atoms with Gasteiger partial charge in [-0.3, -0.25) is 9.59 Å². The molecule has 19 heavy (non-hydrogen) atoms. The number of rotatable bonds is 7. The average molecular weight is 265 g/mol. The molecule has 0 saturated heterocycles. The molecule has 0 fully saturated rings. The monoisotopic (exact) mass is 265 g/mol. The first kappa shape index (κ1) is 15.0. The van der Waals surface area contributed by atoms with Crippen LogP contribution in [0.1, 0.15) is 31.7 Å². The van der Waals surface area contributed by atoms with Crippen LogP contribution in [0.4, 0.5) is 0 Å². The van der Waals surface area contributed by atoms with Crippen molar-refractivity contribution in [2.45, 2.75) is 38.6 Å². The van der Waals surface area contributed by atoms with E-state index in [4.69, 9.17) is 10.2 Å². The molecular formula is C14H19NO4. The fraction of sp³-hybridized carbons (Fsp3) is 0.429. The molecule has 0 heterocycles. The number of phenolic OH excluding ortho intramolecular Hbond substituents is 1. The normalized spacial score (nSPS) is 11.8. The number of aliphatic carboxylic acids is 1. The Balaban J connectivity index is 2.30. The molecule has 0 aliphatic heterocycles. The predicted octanol–water partition coefficient (Wildman–Crippen LogP) is 1.69. The highest BCUT2D eigenvalue weighted by Gasteiger charge is 2.09. The van der Waals surface area contributed by atoms with Crippen LogP contribution in [0.2, 0.25) is 0 Å². The summed E-state index contributed by atoms with van der Waals surface area (Å²) in [5, 5.41) is 20.5. The van der Waals surface area contributed by atoms with Crippen molar-refractivity contribution in [3.05, 3.63) is 29.8 Å². The van der Waals surface area contributed by atoms with E-state index in [0.29, 0.717) is 12.8 Å². The summed E-state index contributed by atoms with van der Waals surface area (Å²) in [4.78, 5) is 22.1. The molecule has 3 N–H and O–H groups in total. The molecule has 0 spiro atoms. The molecule has 1 amide bonds. The largest absolute Gasteiger partial charge is 0.508 e. The zero-order chi connectivity index (χ0) is 14.3. The van der Waals surface area contributed by atoms with Crippen molar-refractivity contribution in [2.75, 3.05) is 0 Å². The van der Waals surface area contributed by atoms with Gasteiger partial charge in [0.05, 0.1) is 6.42 Å². The summed E-state index contributed by atoms with van der Waals surface area (Å²) < 4.78 is 0. The van der Waals surface area contributed by atoms with Gasteiger partial charge < -0.3 is 15.5 Å². The second kappa shape index (κ2) is 7.41. The Morgan fingerprint density at radius 2 is 1.89 bits per heavy atom. The summed E-state index contributed by atoms with van der Waals surface area (Å²) in [5.41, 5.74) is 0.827. The molecular weight excluding hydrogens is 246 g/mol. The van der Waals surface area contributed by atoms with Gasteiger partial charge in [0.1, 0.15) is 5.75 Å². The van der Waals surface area contributed by atoms with Gasteiger partial charge in [-0.15, -0.1) is 0 Å². The van der Waals surface area contributed by atoms with Crippen molar-refractivity contribution < 1.29 is 19.8 Å². The van der Waals surface area contributed by atoms with E-state index < -0.39 is 5.97 Å². The van der Waals surface area contributed by atoms with Crippen LogP contribution >= 0.6 is 0 Å². The van der Waals surface area contributed by atoms with Crippen molar-refractivity contribution in [3.8, 4) is 5.75 Å². The van der Waals surface area contributed by atoms with Gasteiger partial charge in [-0.1, -0.05) is 12.1 Å². The summed E-state index contributed by atoms with van der Waals surface area (Å²) in [5.74, 6) is -0.748. The number of nitrogens with one attached hydrogen (secondary N) is 1. The lowest BCUT2D eigenvalue weighted by Crippen LogP contribution is -2.33. The van der Waals surface area contributed by atoms with E-state index in [0.717, 1.165) is 5.56 Å². The van der Waals surface area contributed by atoms with Crippen LogP contribution in [0.15, 0.2) is 24.3 Å². The fourth-order valence-corrected chi connectivity index (χ4v) is 1.76. The molecule has 1 aromatic carbocycles. The average Bonchev–Trinajstić information content (AvgIpc) is 2.31. The summed E-state index contributed by atoms with van der Waals surface area (Å²) in [6.07, 6.45) is 1.57. The molecule has 5 nitrogen and oxygen atoms in total. The van der Waals surface area contributed by atoms with E-state index in [1.54, 1.807) is 24.3 Å². The van der Waals surface area contributed by atoms with E-state index in [2.05, 4.69) is 5.32 Å². The Hall–Kier alpha value is -2.04. The lowest BCUT2D eigenvalue weighted by Gasteiger charge is -2.13. The molecule has 0 saturated carbocycles. The van der Waals surface area contributed by atoms with Crippen molar-refractivity contribution in [2.24, 2.45) is 0 Å². The maximum absolute atomic E-state index is 11.7. The third kappa shape index (κ3) is 6.45. The molecule has 0 aromatic heterocycles. The first-order valence-corrected chi connectivity index (χ1v) is 6.26. The Bertz CT molecular complexity index is 428. The third-order valence-electron chi connectivity index (χ3n) is 2.74. The quantitative estimate of drug-likeness (QED) is 0.700. The summed E-state index contributed by atoms with van der Waals surface area (Å²) in [6, 6.07) is 6.44. The number of hydrogen-bond donors (Lipinski definition) is 3. The topological polar surface area (TPSA) is 86.6 Å². The highest BCUT2D eigenvalue weighted by atomic mass is 16.4. The van der Waals surface area contributed by atoms with Crippen LogP contribution in [0, 0.1) is 0 Å². The first-order chi connectivity index (χ1) is 8.97. The van der Waals surface area contributed by atoms with Crippen molar-refractivity contribution in [1.29, 1.82) is 0 Å². The van der Waals surface area contributed by atoms with Gasteiger partial charge in [0, 0.05) is 12.5 Å². The molecule has 0 bridgehead atoms. The Kier molecular flexibility index (Phi) is 5.85. The van der Waals surface area contributed by atoms with Crippen LogP contribution in [0.5, 0.6) is 5.75 Å².